The molecule has 4 rings (SSSR count). The molecule has 3 atom stereocenters. The van der Waals surface area contributed by atoms with Gasteiger partial charge in [-0.3, -0.25) is 19.4 Å². The van der Waals surface area contributed by atoms with Gasteiger partial charge in [-0.25, -0.2) is 8.78 Å². The lowest BCUT2D eigenvalue weighted by atomic mass is 10.0. The minimum Gasteiger partial charge on any atom is -0.353 e. The van der Waals surface area contributed by atoms with Gasteiger partial charge in [0.1, 0.15) is 17.7 Å². The minimum absolute atomic E-state index is 0.00900. The zero-order valence-electron chi connectivity index (χ0n) is 18.8. The summed E-state index contributed by atoms with van der Waals surface area (Å²) in [6, 6.07) is 12.3. The fourth-order valence-corrected chi connectivity index (χ4v) is 4.84. The average molecular weight is 457 g/mol. The van der Waals surface area contributed by atoms with Crippen LogP contribution in [0.25, 0.3) is 0 Å². The van der Waals surface area contributed by atoms with Crippen molar-refractivity contribution < 1.29 is 18.4 Å². The van der Waals surface area contributed by atoms with Gasteiger partial charge in [0.2, 0.25) is 11.8 Å². The maximum atomic E-state index is 13.2. The van der Waals surface area contributed by atoms with Crippen LogP contribution in [0.2, 0.25) is 0 Å². The van der Waals surface area contributed by atoms with E-state index in [1.54, 1.807) is 24.3 Å². The molecule has 2 aromatic carbocycles. The molecule has 2 amide bonds. The van der Waals surface area contributed by atoms with Crippen LogP contribution in [-0.4, -0.2) is 59.9 Å². The number of carbonyl (C=O) groups excluding carboxylic acids is 2. The van der Waals surface area contributed by atoms with Crippen LogP contribution in [0.4, 0.5) is 8.78 Å². The highest BCUT2D eigenvalue weighted by Gasteiger charge is 2.44. The standard InChI is InChI=1S/C25H30F2N4O2/c1-30-21(10-11-23(32)28-14-17-2-6-19(26)7-3-17)15-29-25(33)24-22(30)12-13-31(24)16-18-4-8-20(27)9-5-18/h2-9,21-22,24H,10-16H2,1H3,(H,28,32)(H,29,33). The van der Waals surface area contributed by atoms with Crippen molar-refractivity contribution in [3.63, 3.8) is 0 Å². The summed E-state index contributed by atoms with van der Waals surface area (Å²) in [5.41, 5.74) is 1.82. The summed E-state index contributed by atoms with van der Waals surface area (Å²) in [5, 5.41) is 5.94. The predicted molar refractivity (Wildman–Crippen MR) is 121 cm³/mol. The highest BCUT2D eigenvalue weighted by atomic mass is 19.1. The Balaban J connectivity index is 1.31. The maximum Gasteiger partial charge on any atom is 0.239 e. The first-order valence-electron chi connectivity index (χ1n) is 11.4. The van der Waals surface area contributed by atoms with Crippen LogP contribution in [0, 0.1) is 11.6 Å². The van der Waals surface area contributed by atoms with Crippen molar-refractivity contribution in [2.24, 2.45) is 0 Å². The number of fused-ring (bicyclic) bond motifs is 1. The number of nitrogens with zero attached hydrogens (tertiary/aromatic N) is 2. The second-order valence-electron chi connectivity index (χ2n) is 8.90. The number of halogens is 2. The Labute approximate surface area is 192 Å². The molecule has 0 saturated carbocycles. The monoisotopic (exact) mass is 456 g/mol. The number of hydrogen-bond donors (Lipinski definition) is 2. The number of benzene rings is 2. The van der Waals surface area contributed by atoms with Gasteiger partial charge in [0.25, 0.3) is 0 Å². The van der Waals surface area contributed by atoms with Gasteiger partial charge >= 0.3 is 0 Å². The van der Waals surface area contributed by atoms with Gasteiger partial charge in [-0.05, 0) is 55.3 Å². The molecule has 2 saturated heterocycles. The number of likely N-dealkylation sites (N-methyl/N-ethyl adjacent to an activating group) is 1. The van der Waals surface area contributed by atoms with Crippen molar-refractivity contribution in [1.29, 1.82) is 0 Å². The molecule has 2 N–H and O–H groups in total. The van der Waals surface area contributed by atoms with E-state index in [9.17, 15) is 18.4 Å². The summed E-state index contributed by atoms with van der Waals surface area (Å²) in [6.45, 7) is 2.24. The number of rotatable bonds is 7. The molecule has 0 radical (unpaired) electrons. The van der Waals surface area contributed by atoms with Crippen LogP contribution in [-0.2, 0) is 22.7 Å². The first-order chi connectivity index (χ1) is 15.9. The van der Waals surface area contributed by atoms with Crippen molar-refractivity contribution >= 4 is 11.8 Å². The summed E-state index contributed by atoms with van der Waals surface area (Å²) in [7, 11) is 2.03. The van der Waals surface area contributed by atoms with Gasteiger partial charge in [-0.2, -0.15) is 0 Å². The Morgan fingerprint density at radius 2 is 1.70 bits per heavy atom. The normalized spacial score (nSPS) is 23.6. The largest absolute Gasteiger partial charge is 0.353 e. The summed E-state index contributed by atoms with van der Waals surface area (Å²) in [5.74, 6) is -0.626. The number of likely N-dealkylation sites (tertiary alicyclic amines) is 1. The second-order valence-corrected chi connectivity index (χ2v) is 8.90. The number of amides is 2. The maximum absolute atomic E-state index is 13.2. The van der Waals surface area contributed by atoms with E-state index in [0.29, 0.717) is 32.5 Å². The fraction of sp³-hybridized carbons (Fsp3) is 0.440. The molecule has 0 bridgehead atoms. The Kier molecular flexibility index (Phi) is 7.35. The van der Waals surface area contributed by atoms with Crippen molar-refractivity contribution in [2.45, 2.75) is 50.5 Å². The molecule has 0 aliphatic carbocycles. The lowest BCUT2D eigenvalue weighted by molar-refractivity contribution is -0.126. The number of nitrogens with one attached hydrogen (secondary N) is 2. The minimum atomic E-state index is -0.301. The fourth-order valence-electron chi connectivity index (χ4n) is 4.84. The van der Waals surface area contributed by atoms with E-state index in [1.165, 1.54) is 24.3 Å². The van der Waals surface area contributed by atoms with E-state index >= 15 is 0 Å². The second kappa shape index (κ2) is 10.4. The van der Waals surface area contributed by atoms with Crippen molar-refractivity contribution in [3.05, 3.63) is 71.3 Å². The van der Waals surface area contributed by atoms with Gasteiger partial charge in [0.05, 0.1) is 0 Å². The molecule has 0 aromatic heterocycles. The third-order valence-corrected chi connectivity index (χ3v) is 6.76. The lowest BCUT2D eigenvalue weighted by Crippen LogP contribution is -2.49. The summed E-state index contributed by atoms with van der Waals surface area (Å²) in [4.78, 5) is 29.7. The predicted octanol–water partition coefficient (Wildman–Crippen LogP) is 2.43. The van der Waals surface area contributed by atoms with Crippen LogP contribution in [0.3, 0.4) is 0 Å². The first-order valence-corrected chi connectivity index (χ1v) is 11.4. The van der Waals surface area contributed by atoms with Gasteiger partial charge < -0.3 is 10.6 Å². The highest BCUT2D eigenvalue weighted by Crippen LogP contribution is 2.28. The molecule has 2 heterocycles. The van der Waals surface area contributed by atoms with E-state index in [2.05, 4.69) is 20.4 Å². The molecule has 2 aromatic rings. The van der Waals surface area contributed by atoms with Gasteiger partial charge in [0, 0.05) is 44.7 Å². The van der Waals surface area contributed by atoms with Crippen LogP contribution >= 0.6 is 0 Å². The number of carbonyl (C=O) groups is 2. The van der Waals surface area contributed by atoms with Crippen molar-refractivity contribution in [1.82, 2.24) is 20.4 Å². The highest BCUT2D eigenvalue weighted by molar-refractivity contribution is 5.83. The van der Waals surface area contributed by atoms with Crippen LogP contribution in [0.1, 0.15) is 30.4 Å². The quantitative estimate of drug-likeness (QED) is 0.672. The van der Waals surface area contributed by atoms with E-state index in [0.717, 1.165) is 24.1 Å². The number of hydrogen-bond acceptors (Lipinski definition) is 4. The molecule has 0 spiro atoms. The van der Waals surface area contributed by atoms with Crippen LogP contribution < -0.4 is 10.6 Å². The summed E-state index contributed by atoms with van der Waals surface area (Å²) >= 11 is 0. The summed E-state index contributed by atoms with van der Waals surface area (Å²) in [6.07, 6.45) is 1.85. The molecule has 3 unspecified atom stereocenters. The average Bonchev–Trinajstić information content (AvgIpc) is 3.18. The molecule has 176 valence electrons. The van der Waals surface area contributed by atoms with Crippen LogP contribution in [0.5, 0.6) is 0 Å². The topological polar surface area (TPSA) is 64.7 Å². The van der Waals surface area contributed by atoms with Gasteiger partial charge in [-0.15, -0.1) is 0 Å². The van der Waals surface area contributed by atoms with Gasteiger partial charge in [0.15, 0.2) is 0 Å². The van der Waals surface area contributed by atoms with E-state index < -0.39 is 0 Å². The summed E-state index contributed by atoms with van der Waals surface area (Å²) < 4.78 is 26.2. The van der Waals surface area contributed by atoms with E-state index in [1.807, 2.05) is 7.05 Å². The smallest absolute Gasteiger partial charge is 0.239 e. The molecule has 8 heteroatoms. The molecule has 2 fully saturated rings. The zero-order chi connectivity index (χ0) is 23.4. The van der Waals surface area contributed by atoms with Crippen molar-refractivity contribution in [3.8, 4) is 0 Å². The van der Waals surface area contributed by atoms with E-state index in [4.69, 9.17) is 0 Å². The molecule has 33 heavy (non-hydrogen) atoms. The van der Waals surface area contributed by atoms with Gasteiger partial charge in [-0.1, -0.05) is 24.3 Å². The molecule has 2 aliphatic rings. The Morgan fingerprint density at radius 3 is 2.36 bits per heavy atom. The molecular formula is C25H30F2N4O2. The molecule has 6 nitrogen and oxygen atoms in total. The van der Waals surface area contributed by atoms with Crippen molar-refractivity contribution in [2.75, 3.05) is 20.1 Å². The third kappa shape index (κ3) is 5.75. The zero-order valence-corrected chi connectivity index (χ0v) is 18.8. The Hall–Kier alpha value is -2.84. The van der Waals surface area contributed by atoms with Crippen LogP contribution in [0.15, 0.2) is 48.5 Å². The first kappa shape index (κ1) is 23.3. The Morgan fingerprint density at radius 1 is 1.06 bits per heavy atom. The molecule has 2 aliphatic heterocycles. The lowest BCUT2D eigenvalue weighted by Gasteiger charge is -2.33. The SMILES string of the molecule is CN1C(CCC(=O)NCc2ccc(F)cc2)CNC(=O)C2C1CCN2Cc1ccc(F)cc1. The van der Waals surface area contributed by atoms with E-state index in [-0.39, 0.29) is 41.6 Å². The molecular weight excluding hydrogens is 426 g/mol. The Bertz CT molecular complexity index is 967. The third-order valence-electron chi connectivity index (χ3n) is 6.76.